The number of pyridine rings is 1. The minimum atomic E-state index is 0.251. The lowest BCUT2D eigenvalue weighted by molar-refractivity contribution is 0.475. The Hall–Kier alpha value is -2.87. The van der Waals surface area contributed by atoms with E-state index in [1.165, 1.54) is 0 Å². The fraction of sp³-hybridized carbons (Fsp3) is 0. The first-order chi connectivity index (χ1) is 10.2. The van der Waals surface area contributed by atoms with Crippen LogP contribution < -0.4 is 0 Å². The monoisotopic (exact) mass is 273 g/mol. The second-order valence-electron chi connectivity index (χ2n) is 4.76. The van der Waals surface area contributed by atoms with Gasteiger partial charge in [0.05, 0.1) is 11.2 Å². The van der Waals surface area contributed by atoms with Gasteiger partial charge in [0.15, 0.2) is 0 Å². The highest BCUT2D eigenvalue weighted by atomic mass is 16.3. The molecule has 2 aromatic carbocycles. The van der Waals surface area contributed by atoms with Crippen LogP contribution in [0.2, 0.25) is 0 Å². The molecule has 0 unspecified atom stereocenters. The van der Waals surface area contributed by atoms with Gasteiger partial charge in [0.25, 0.3) is 0 Å². The van der Waals surface area contributed by atoms with Gasteiger partial charge in [0, 0.05) is 16.5 Å². The maximum absolute atomic E-state index is 9.50. The lowest BCUT2D eigenvalue weighted by atomic mass is 9.94. The van der Waals surface area contributed by atoms with Gasteiger partial charge >= 0.3 is 0 Å². The molecule has 2 nitrogen and oxygen atoms in total. The molecule has 0 amide bonds. The topological polar surface area (TPSA) is 33.1 Å². The molecule has 3 aromatic rings. The summed E-state index contributed by atoms with van der Waals surface area (Å²) in [6, 6.07) is 15.2. The van der Waals surface area contributed by atoms with Crippen molar-refractivity contribution in [2.75, 3.05) is 0 Å². The number of nitrogens with zero attached hydrogens (tertiary/aromatic N) is 1. The molecule has 102 valence electrons. The summed E-state index contributed by atoms with van der Waals surface area (Å²) in [5.74, 6) is 0.251. The smallest absolute Gasteiger partial charge is 0.115 e. The number of phenols is 1. The number of hydrogen-bond acceptors (Lipinski definition) is 2. The highest BCUT2D eigenvalue weighted by Crippen LogP contribution is 2.34. The van der Waals surface area contributed by atoms with Gasteiger partial charge in [-0.2, -0.15) is 0 Å². The van der Waals surface area contributed by atoms with Crippen molar-refractivity contribution in [2.45, 2.75) is 0 Å². The third-order valence-electron chi connectivity index (χ3n) is 3.51. The van der Waals surface area contributed by atoms with Crippen LogP contribution in [0.15, 0.2) is 61.7 Å². The first-order valence-corrected chi connectivity index (χ1v) is 6.71. The molecule has 0 spiro atoms. The number of fused-ring (bicyclic) bond motifs is 1. The van der Waals surface area contributed by atoms with E-state index in [0.29, 0.717) is 0 Å². The minimum Gasteiger partial charge on any atom is -0.508 e. The second kappa shape index (κ2) is 5.25. The first kappa shape index (κ1) is 13.1. The Morgan fingerprint density at radius 1 is 0.905 bits per heavy atom. The molecule has 1 N–H and O–H groups in total. The van der Waals surface area contributed by atoms with Crippen molar-refractivity contribution in [3.05, 3.63) is 72.9 Å². The van der Waals surface area contributed by atoms with E-state index in [1.54, 1.807) is 24.3 Å². The standard InChI is InChI=1S/C19H15NO/c1-3-15-17(4-2)20-18-8-6-5-7-16(18)19(15)13-9-11-14(21)12-10-13/h3-12,21H,1-2H2. The van der Waals surface area contributed by atoms with Crippen LogP contribution in [-0.2, 0) is 0 Å². The molecule has 21 heavy (non-hydrogen) atoms. The lowest BCUT2D eigenvalue weighted by Crippen LogP contribution is -1.94. The van der Waals surface area contributed by atoms with Gasteiger partial charge < -0.3 is 5.11 Å². The summed E-state index contributed by atoms with van der Waals surface area (Å²) < 4.78 is 0. The molecule has 0 fully saturated rings. The largest absolute Gasteiger partial charge is 0.508 e. The number of hydrogen-bond donors (Lipinski definition) is 1. The maximum atomic E-state index is 9.50. The fourth-order valence-corrected chi connectivity index (χ4v) is 2.55. The summed E-state index contributed by atoms with van der Waals surface area (Å²) >= 11 is 0. The molecule has 1 heterocycles. The lowest BCUT2D eigenvalue weighted by Gasteiger charge is -2.13. The van der Waals surface area contributed by atoms with Gasteiger partial charge in [-0.25, -0.2) is 4.98 Å². The van der Waals surface area contributed by atoms with Gasteiger partial charge in [-0.1, -0.05) is 49.6 Å². The van der Waals surface area contributed by atoms with Gasteiger partial charge in [-0.3, -0.25) is 0 Å². The van der Waals surface area contributed by atoms with Crippen molar-refractivity contribution in [3.63, 3.8) is 0 Å². The molecular formula is C19H15NO. The number of para-hydroxylation sites is 1. The van der Waals surface area contributed by atoms with Crippen LogP contribution in [0.5, 0.6) is 5.75 Å². The zero-order chi connectivity index (χ0) is 14.8. The Morgan fingerprint density at radius 3 is 2.29 bits per heavy atom. The summed E-state index contributed by atoms with van der Waals surface area (Å²) in [6.45, 7) is 7.76. The molecule has 0 aliphatic carbocycles. The van der Waals surface area contributed by atoms with Crippen molar-refractivity contribution in [1.29, 1.82) is 0 Å². The molecule has 0 atom stereocenters. The van der Waals surface area contributed by atoms with Crippen molar-refractivity contribution in [1.82, 2.24) is 4.98 Å². The Morgan fingerprint density at radius 2 is 1.62 bits per heavy atom. The zero-order valence-corrected chi connectivity index (χ0v) is 11.6. The Kier molecular flexibility index (Phi) is 3.28. The molecule has 0 saturated heterocycles. The maximum Gasteiger partial charge on any atom is 0.115 e. The number of phenolic OH excluding ortho intramolecular Hbond substituents is 1. The van der Waals surface area contributed by atoms with E-state index in [4.69, 9.17) is 0 Å². The van der Waals surface area contributed by atoms with Crippen LogP contribution in [0.1, 0.15) is 11.3 Å². The van der Waals surface area contributed by atoms with E-state index in [2.05, 4.69) is 18.1 Å². The SMILES string of the molecule is C=Cc1nc2ccccc2c(-c2ccc(O)cc2)c1C=C. The molecule has 0 aliphatic heterocycles. The van der Waals surface area contributed by atoms with Crippen LogP contribution in [0, 0.1) is 0 Å². The molecule has 0 aliphatic rings. The van der Waals surface area contributed by atoms with Crippen LogP contribution >= 0.6 is 0 Å². The molecule has 3 rings (SSSR count). The van der Waals surface area contributed by atoms with Gasteiger partial charge in [0.1, 0.15) is 5.75 Å². The summed E-state index contributed by atoms with van der Waals surface area (Å²) in [4.78, 5) is 4.63. The van der Waals surface area contributed by atoms with E-state index < -0.39 is 0 Å². The van der Waals surface area contributed by atoms with Crippen LogP contribution in [0.25, 0.3) is 34.2 Å². The molecule has 0 saturated carbocycles. The zero-order valence-electron chi connectivity index (χ0n) is 11.6. The molecule has 1 aromatic heterocycles. The first-order valence-electron chi connectivity index (χ1n) is 6.71. The summed E-state index contributed by atoms with van der Waals surface area (Å²) in [7, 11) is 0. The summed E-state index contributed by atoms with van der Waals surface area (Å²) in [6.07, 6.45) is 3.55. The third kappa shape index (κ3) is 2.21. The van der Waals surface area contributed by atoms with Crippen molar-refractivity contribution in [2.24, 2.45) is 0 Å². The van der Waals surface area contributed by atoms with E-state index in [0.717, 1.165) is 33.3 Å². The van der Waals surface area contributed by atoms with Gasteiger partial charge in [-0.05, 0) is 29.8 Å². The van der Waals surface area contributed by atoms with Gasteiger partial charge in [-0.15, -0.1) is 0 Å². The number of aromatic nitrogens is 1. The second-order valence-corrected chi connectivity index (χ2v) is 4.76. The van der Waals surface area contributed by atoms with Crippen LogP contribution in [0.3, 0.4) is 0 Å². The normalized spacial score (nSPS) is 10.5. The molecule has 0 bridgehead atoms. The number of aromatic hydroxyl groups is 1. The summed E-state index contributed by atoms with van der Waals surface area (Å²) in [5, 5.41) is 10.6. The highest BCUT2D eigenvalue weighted by molar-refractivity contribution is 6.00. The average Bonchev–Trinajstić information content (AvgIpc) is 2.53. The summed E-state index contributed by atoms with van der Waals surface area (Å²) in [5.41, 5.74) is 4.76. The Labute approximate surface area is 123 Å². The average molecular weight is 273 g/mol. The van der Waals surface area contributed by atoms with Crippen LogP contribution in [0.4, 0.5) is 0 Å². The number of rotatable bonds is 3. The number of benzene rings is 2. The van der Waals surface area contributed by atoms with Crippen molar-refractivity contribution < 1.29 is 5.11 Å². The predicted molar refractivity (Wildman–Crippen MR) is 89.0 cm³/mol. The van der Waals surface area contributed by atoms with E-state index in [9.17, 15) is 5.11 Å². The molecule has 2 heteroatoms. The predicted octanol–water partition coefficient (Wildman–Crippen LogP) is 4.89. The van der Waals surface area contributed by atoms with E-state index in [-0.39, 0.29) is 5.75 Å². The highest BCUT2D eigenvalue weighted by Gasteiger charge is 2.12. The fourth-order valence-electron chi connectivity index (χ4n) is 2.55. The third-order valence-corrected chi connectivity index (χ3v) is 3.51. The van der Waals surface area contributed by atoms with E-state index >= 15 is 0 Å². The molecule has 0 radical (unpaired) electrons. The van der Waals surface area contributed by atoms with Crippen molar-refractivity contribution in [3.8, 4) is 16.9 Å². The van der Waals surface area contributed by atoms with Crippen LogP contribution in [-0.4, -0.2) is 10.1 Å². The van der Waals surface area contributed by atoms with E-state index in [1.807, 2.05) is 36.4 Å². The Bertz CT molecular complexity index is 832. The Balaban J connectivity index is 2.45. The molecular weight excluding hydrogens is 258 g/mol. The van der Waals surface area contributed by atoms with Crippen molar-refractivity contribution >= 4 is 23.1 Å². The quantitative estimate of drug-likeness (QED) is 0.736. The minimum absolute atomic E-state index is 0.251. The van der Waals surface area contributed by atoms with Gasteiger partial charge in [0.2, 0.25) is 0 Å².